The standard InChI is InChI=1S/C17H33N2O4S/c1-7-24(21)19(5,6)14-12-22-13-17(14)8-10-18(11-9-17)15(20)23-16(2,3)4/h14H,7-13H2,1-6H3/q+1/t14-,24-/m1/s1. The number of likely N-dealkylation sites (N-methyl/N-ethyl adjacent to an activating group) is 1. The van der Waals surface area contributed by atoms with Crippen LogP contribution in [0, 0.1) is 5.41 Å². The van der Waals surface area contributed by atoms with E-state index < -0.39 is 17.0 Å². The van der Waals surface area contributed by atoms with E-state index in [-0.39, 0.29) is 17.6 Å². The summed E-state index contributed by atoms with van der Waals surface area (Å²) in [5.41, 5.74) is -0.463. The van der Waals surface area contributed by atoms with Crippen LogP contribution in [0.15, 0.2) is 0 Å². The lowest BCUT2D eigenvalue weighted by Crippen LogP contribution is -2.62. The fourth-order valence-electron chi connectivity index (χ4n) is 3.90. The molecule has 0 aromatic carbocycles. The van der Waals surface area contributed by atoms with Gasteiger partial charge in [0.05, 0.1) is 12.0 Å². The van der Waals surface area contributed by atoms with Crippen LogP contribution in [0.1, 0.15) is 40.5 Å². The summed E-state index contributed by atoms with van der Waals surface area (Å²) in [6.07, 6.45) is 1.51. The molecule has 0 aromatic rings. The maximum atomic E-state index is 12.5. The summed E-state index contributed by atoms with van der Waals surface area (Å²) in [7, 11) is 4.09. The number of ether oxygens (including phenoxy) is 2. The van der Waals surface area contributed by atoms with Crippen LogP contribution in [-0.2, 0) is 20.8 Å². The van der Waals surface area contributed by atoms with E-state index in [1.165, 1.54) is 0 Å². The Morgan fingerprint density at radius 1 is 1.38 bits per heavy atom. The van der Waals surface area contributed by atoms with Gasteiger partial charge in [-0.1, -0.05) is 0 Å². The molecule has 0 saturated carbocycles. The Morgan fingerprint density at radius 2 is 1.96 bits per heavy atom. The zero-order chi connectivity index (χ0) is 18.2. The summed E-state index contributed by atoms with van der Waals surface area (Å²) in [6, 6.07) is 0.207. The van der Waals surface area contributed by atoms with Crippen molar-refractivity contribution in [2.24, 2.45) is 5.41 Å². The number of likely N-dealkylation sites (tertiary alicyclic amines) is 1. The fourth-order valence-corrected chi connectivity index (χ4v) is 5.13. The zero-order valence-corrected chi connectivity index (χ0v) is 16.8. The Kier molecular flexibility index (Phi) is 5.79. The maximum Gasteiger partial charge on any atom is 0.410 e. The first-order chi connectivity index (χ1) is 11.0. The molecular weight excluding hydrogens is 328 g/mol. The van der Waals surface area contributed by atoms with Crippen LogP contribution >= 0.6 is 0 Å². The maximum absolute atomic E-state index is 12.5. The van der Waals surface area contributed by atoms with Gasteiger partial charge in [0.15, 0.2) is 11.8 Å². The van der Waals surface area contributed by atoms with Crippen LogP contribution in [0.5, 0.6) is 0 Å². The van der Waals surface area contributed by atoms with Gasteiger partial charge in [-0.2, -0.15) is 0 Å². The molecule has 0 unspecified atom stereocenters. The van der Waals surface area contributed by atoms with Gasteiger partial charge in [0, 0.05) is 13.1 Å². The number of amides is 1. The van der Waals surface area contributed by atoms with Crippen molar-refractivity contribution in [2.45, 2.75) is 52.2 Å². The van der Waals surface area contributed by atoms with E-state index in [4.69, 9.17) is 9.47 Å². The molecule has 140 valence electrons. The average molecular weight is 362 g/mol. The van der Waals surface area contributed by atoms with Gasteiger partial charge in [0.1, 0.15) is 37.7 Å². The van der Waals surface area contributed by atoms with Gasteiger partial charge in [-0.3, -0.25) is 0 Å². The topological polar surface area (TPSA) is 61.8 Å². The third kappa shape index (κ3) is 4.00. The second kappa shape index (κ2) is 7.02. The lowest BCUT2D eigenvalue weighted by Gasteiger charge is -2.45. The zero-order valence-electron chi connectivity index (χ0n) is 16.0. The third-order valence-electron chi connectivity index (χ3n) is 5.31. The van der Waals surface area contributed by atoms with E-state index in [0.717, 1.165) is 12.8 Å². The molecule has 2 rings (SSSR count). The van der Waals surface area contributed by atoms with E-state index in [2.05, 4.69) is 0 Å². The third-order valence-corrected chi connectivity index (χ3v) is 7.10. The molecule has 1 amide bonds. The van der Waals surface area contributed by atoms with Crippen LogP contribution in [0.25, 0.3) is 0 Å². The van der Waals surface area contributed by atoms with Crippen LogP contribution in [0.4, 0.5) is 4.79 Å². The lowest BCUT2D eigenvalue weighted by molar-refractivity contribution is -0.799. The van der Waals surface area contributed by atoms with Crippen molar-refractivity contribution in [2.75, 3.05) is 46.2 Å². The van der Waals surface area contributed by atoms with Gasteiger partial charge in [-0.25, -0.2) is 4.79 Å². The van der Waals surface area contributed by atoms with Gasteiger partial charge in [0.25, 0.3) is 0 Å². The number of carbonyl (C=O) groups is 1. The van der Waals surface area contributed by atoms with Crippen molar-refractivity contribution in [1.82, 2.24) is 4.90 Å². The normalized spacial score (nSPS) is 25.8. The summed E-state index contributed by atoms with van der Waals surface area (Å²) in [5, 5.41) is 0. The van der Waals surface area contributed by atoms with Gasteiger partial charge >= 0.3 is 6.09 Å². The minimum absolute atomic E-state index is 0.00679. The highest BCUT2D eigenvalue weighted by Crippen LogP contribution is 2.44. The Bertz CT molecular complexity index is 456. The largest absolute Gasteiger partial charge is 0.566 e. The summed E-state index contributed by atoms with van der Waals surface area (Å²) < 4.78 is 24.3. The molecule has 6 nitrogen and oxygen atoms in total. The second-order valence-electron chi connectivity index (χ2n) is 8.41. The molecule has 2 atom stereocenters. The fraction of sp³-hybridized carbons (Fsp3) is 0.941. The Morgan fingerprint density at radius 3 is 2.46 bits per heavy atom. The monoisotopic (exact) mass is 361 g/mol. The molecule has 0 aromatic heterocycles. The van der Waals surface area contributed by atoms with Crippen molar-refractivity contribution in [3.63, 3.8) is 0 Å². The number of hydrogen-bond donors (Lipinski definition) is 0. The first-order valence-electron chi connectivity index (χ1n) is 8.80. The van der Waals surface area contributed by atoms with Gasteiger partial charge in [-0.05, 0) is 40.5 Å². The quantitative estimate of drug-likeness (QED) is 0.571. The predicted octanol–water partition coefficient (Wildman–Crippen LogP) is 2.16. The number of carbonyl (C=O) groups excluding carboxylic acids is 1. The SMILES string of the molecule is CC[S@@+]([O-])[N+](C)(C)[C@@H]1COCC12CCN(C(=O)OC(C)(C)C)CC2. The van der Waals surface area contributed by atoms with E-state index in [9.17, 15) is 9.35 Å². The Balaban J connectivity index is 2.04. The van der Waals surface area contributed by atoms with Crippen molar-refractivity contribution < 1.29 is 22.7 Å². The Labute approximate surface area is 149 Å². The number of quaternary nitrogens is 1. The van der Waals surface area contributed by atoms with E-state index in [1.54, 1.807) is 4.90 Å². The molecule has 2 fully saturated rings. The first-order valence-corrected chi connectivity index (χ1v) is 10.1. The van der Waals surface area contributed by atoms with Gasteiger partial charge in [0.2, 0.25) is 0 Å². The summed E-state index contributed by atoms with van der Waals surface area (Å²) in [6.45, 7) is 10.3. The van der Waals surface area contributed by atoms with E-state index in [1.807, 2.05) is 41.8 Å². The van der Waals surface area contributed by atoms with Crippen molar-refractivity contribution >= 4 is 17.5 Å². The van der Waals surface area contributed by atoms with Crippen LogP contribution < -0.4 is 0 Å². The highest BCUT2D eigenvalue weighted by atomic mass is 32.2. The van der Waals surface area contributed by atoms with Gasteiger partial charge in [-0.15, -0.1) is 3.89 Å². The van der Waals surface area contributed by atoms with Gasteiger partial charge < -0.3 is 18.9 Å². The highest BCUT2D eigenvalue weighted by Gasteiger charge is 2.58. The summed E-state index contributed by atoms with van der Waals surface area (Å²) in [5.74, 6) is 0.642. The highest BCUT2D eigenvalue weighted by molar-refractivity contribution is 7.85. The minimum atomic E-state index is -0.934. The molecule has 2 heterocycles. The van der Waals surface area contributed by atoms with E-state index in [0.29, 0.717) is 35.9 Å². The number of rotatable bonds is 3. The lowest BCUT2D eigenvalue weighted by atomic mass is 9.74. The number of piperidine rings is 1. The number of hydrogen-bond acceptors (Lipinski definition) is 4. The molecule has 24 heavy (non-hydrogen) atoms. The summed E-state index contributed by atoms with van der Waals surface area (Å²) in [4.78, 5) is 14.1. The molecule has 2 aliphatic rings. The van der Waals surface area contributed by atoms with Crippen LogP contribution in [0.3, 0.4) is 0 Å². The number of nitrogens with zero attached hydrogens (tertiary/aromatic N) is 2. The summed E-state index contributed by atoms with van der Waals surface area (Å²) >= 11 is -0.934. The molecule has 2 aliphatic heterocycles. The smallest absolute Gasteiger partial charge is 0.410 e. The second-order valence-corrected chi connectivity index (χ2v) is 10.6. The predicted molar refractivity (Wildman–Crippen MR) is 94.9 cm³/mol. The average Bonchev–Trinajstić information content (AvgIpc) is 2.89. The van der Waals surface area contributed by atoms with Crippen molar-refractivity contribution in [1.29, 1.82) is 0 Å². The van der Waals surface area contributed by atoms with Crippen molar-refractivity contribution in [3.05, 3.63) is 0 Å². The van der Waals surface area contributed by atoms with Crippen molar-refractivity contribution in [3.8, 4) is 0 Å². The van der Waals surface area contributed by atoms with Crippen LogP contribution in [0.2, 0.25) is 0 Å². The molecule has 2 saturated heterocycles. The van der Waals surface area contributed by atoms with Crippen LogP contribution in [-0.4, -0.2) is 77.2 Å². The molecule has 1 spiro atoms. The molecule has 0 bridgehead atoms. The molecule has 0 N–H and O–H groups in total. The molecule has 0 radical (unpaired) electrons. The van der Waals surface area contributed by atoms with E-state index >= 15 is 0 Å². The molecule has 7 heteroatoms. The first kappa shape index (κ1) is 19.8. The Hall–Kier alpha value is -0.500. The minimum Gasteiger partial charge on any atom is -0.566 e. The molecular formula is C17H33N2O4S+. The molecule has 0 aliphatic carbocycles.